The fourth-order valence-corrected chi connectivity index (χ4v) is 1.68. The molecule has 4 heteroatoms. The second-order valence-corrected chi connectivity index (χ2v) is 4.34. The van der Waals surface area contributed by atoms with Crippen molar-refractivity contribution in [2.75, 3.05) is 26.7 Å². The molecule has 2 unspecified atom stereocenters. The van der Waals surface area contributed by atoms with Gasteiger partial charge in [0.2, 0.25) is 0 Å². The Hall–Kier alpha value is -0.870. The van der Waals surface area contributed by atoms with Gasteiger partial charge in [-0.25, -0.2) is 0 Å². The van der Waals surface area contributed by atoms with Crippen molar-refractivity contribution in [3.8, 4) is 0 Å². The van der Waals surface area contributed by atoms with Crippen LogP contribution in [0, 0.1) is 5.92 Å². The molecule has 17 heavy (non-hydrogen) atoms. The van der Waals surface area contributed by atoms with E-state index < -0.39 is 0 Å². The SMILES string of the molecule is C=CCC.CC(=O)OC1CN(C)CCC1CO. The smallest absolute Gasteiger partial charge is 0.302 e. The van der Waals surface area contributed by atoms with Gasteiger partial charge in [0.25, 0.3) is 0 Å². The second kappa shape index (κ2) is 9.19. The lowest BCUT2D eigenvalue weighted by molar-refractivity contribution is -0.153. The lowest BCUT2D eigenvalue weighted by Crippen LogP contribution is -2.45. The van der Waals surface area contributed by atoms with Gasteiger partial charge in [0.05, 0.1) is 0 Å². The van der Waals surface area contributed by atoms with Crippen molar-refractivity contribution >= 4 is 5.97 Å². The number of likely N-dealkylation sites (tertiary alicyclic amines) is 1. The average molecular weight is 243 g/mol. The number of aliphatic hydroxyl groups excluding tert-OH is 1. The molecule has 0 aromatic rings. The van der Waals surface area contributed by atoms with Crippen molar-refractivity contribution in [3.05, 3.63) is 12.7 Å². The van der Waals surface area contributed by atoms with Crippen molar-refractivity contribution in [1.82, 2.24) is 4.90 Å². The zero-order valence-corrected chi connectivity index (χ0v) is 11.2. The molecule has 1 N–H and O–H groups in total. The van der Waals surface area contributed by atoms with Crippen LogP contribution in [0.15, 0.2) is 12.7 Å². The van der Waals surface area contributed by atoms with E-state index in [1.807, 2.05) is 13.1 Å². The van der Waals surface area contributed by atoms with Gasteiger partial charge in [-0.3, -0.25) is 4.79 Å². The van der Waals surface area contributed by atoms with Gasteiger partial charge in [-0.1, -0.05) is 13.0 Å². The van der Waals surface area contributed by atoms with E-state index in [-0.39, 0.29) is 24.6 Å². The third-order valence-electron chi connectivity index (χ3n) is 2.74. The molecule has 4 nitrogen and oxygen atoms in total. The Kier molecular flexibility index (Phi) is 8.72. The lowest BCUT2D eigenvalue weighted by Gasteiger charge is -2.34. The Bertz CT molecular complexity index is 231. The largest absolute Gasteiger partial charge is 0.461 e. The highest BCUT2D eigenvalue weighted by Gasteiger charge is 2.29. The quantitative estimate of drug-likeness (QED) is 0.602. The third kappa shape index (κ3) is 7.13. The van der Waals surface area contributed by atoms with E-state index in [1.54, 1.807) is 0 Å². The lowest BCUT2D eigenvalue weighted by atomic mass is 9.95. The molecule has 0 aliphatic carbocycles. The van der Waals surface area contributed by atoms with Gasteiger partial charge >= 0.3 is 5.97 Å². The Morgan fingerprint density at radius 3 is 2.65 bits per heavy atom. The van der Waals surface area contributed by atoms with Crippen LogP contribution in [-0.4, -0.2) is 48.8 Å². The Morgan fingerprint density at radius 2 is 2.24 bits per heavy atom. The Labute approximate surface area is 104 Å². The van der Waals surface area contributed by atoms with Gasteiger partial charge in [0, 0.05) is 26.0 Å². The van der Waals surface area contributed by atoms with Gasteiger partial charge < -0.3 is 14.7 Å². The summed E-state index contributed by atoms with van der Waals surface area (Å²) in [5, 5.41) is 9.05. The monoisotopic (exact) mass is 243 g/mol. The number of carbonyl (C=O) groups excluding carboxylic acids is 1. The third-order valence-corrected chi connectivity index (χ3v) is 2.74. The molecule has 1 heterocycles. The fourth-order valence-electron chi connectivity index (χ4n) is 1.68. The summed E-state index contributed by atoms with van der Waals surface area (Å²) in [5.41, 5.74) is 0. The first-order chi connectivity index (χ1) is 8.04. The molecule has 0 radical (unpaired) electrons. The van der Waals surface area contributed by atoms with Crippen LogP contribution >= 0.6 is 0 Å². The Morgan fingerprint density at radius 1 is 1.65 bits per heavy atom. The first kappa shape index (κ1) is 16.1. The molecule has 1 rings (SSSR count). The summed E-state index contributed by atoms with van der Waals surface area (Å²) >= 11 is 0. The molecule has 0 aromatic heterocycles. The van der Waals surface area contributed by atoms with E-state index in [2.05, 4.69) is 18.4 Å². The standard InChI is InChI=1S/C9H17NO3.C4H8/c1-7(12)13-9-5-10(2)4-3-8(9)6-11;1-3-4-2/h8-9,11H,3-6H2,1-2H3;3H,1,4H2,2H3. The van der Waals surface area contributed by atoms with Crippen LogP contribution in [0.3, 0.4) is 0 Å². The normalized spacial score (nSPS) is 24.5. The summed E-state index contributed by atoms with van der Waals surface area (Å²) in [6, 6.07) is 0. The van der Waals surface area contributed by atoms with Gasteiger partial charge in [-0.2, -0.15) is 0 Å². The summed E-state index contributed by atoms with van der Waals surface area (Å²) < 4.78 is 5.12. The Balaban J connectivity index is 0.000000557. The predicted molar refractivity (Wildman–Crippen MR) is 68.7 cm³/mol. The molecule has 0 amide bonds. The maximum atomic E-state index is 10.8. The van der Waals surface area contributed by atoms with E-state index in [4.69, 9.17) is 9.84 Å². The van der Waals surface area contributed by atoms with E-state index in [9.17, 15) is 4.79 Å². The number of nitrogens with zero attached hydrogens (tertiary/aromatic N) is 1. The highest BCUT2D eigenvalue weighted by molar-refractivity contribution is 5.66. The maximum absolute atomic E-state index is 10.8. The van der Waals surface area contributed by atoms with Crippen molar-refractivity contribution in [1.29, 1.82) is 0 Å². The van der Waals surface area contributed by atoms with Crippen LogP contribution in [0.1, 0.15) is 26.7 Å². The minimum absolute atomic E-state index is 0.103. The highest BCUT2D eigenvalue weighted by Crippen LogP contribution is 2.19. The number of piperidine rings is 1. The molecular weight excluding hydrogens is 218 g/mol. The second-order valence-electron chi connectivity index (χ2n) is 4.34. The summed E-state index contributed by atoms with van der Waals surface area (Å²) in [5.74, 6) is -0.154. The summed E-state index contributed by atoms with van der Waals surface area (Å²) in [6.45, 7) is 8.74. The van der Waals surface area contributed by atoms with Crippen LogP contribution < -0.4 is 0 Å². The summed E-state index contributed by atoms with van der Waals surface area (Å²) in [7, 11) is 1.99. The number of carbonyl (C=O) groups is 1. The number of rotatable bonds is 3. The van der Waals surface area contributed by atoms with E-state index in [0.29, 0.717) is 0 Å². The maximum Gasteiger partial charge on any atom is 0.302 e. The van der Waals surface area contributed by atoms with Crippen LogP contribution in [0.5, 0.6) is 0 Å². The average Bonchev–Trinajstić information content (AvgIpc) is 2.29. The number of hydrogen-bond donors (Lipinski definition) is 1. The molecule has 1 saturated heterocycles. The van der Waals surface area contributed by atoms with Gasteiger partial charge in [0.15, 0.2) is 0 Å². The number of aliphatic hydroxyl groups is 1. The molecule has 2 atom stereocenters. The summed E-state index contributed by atoms with van der Waals surface area (Å²) in [6.07, 6.45) is 3.71. The van der Waals surface area contributed by atoms with Crippen molar-refractivity contribution in [2.45, 2.75) is 32.8 Å². The van der Waals surface area contributed by atoms with Gasteiger partial charge in [0.1, 0.15) is 6.10 Å². The van der Waals surface area contributed by atoms with Crippen molar-refractivity contribution in [3.63, 3.8) is 0 Å². The van der Waals surface area contributed by atoms with Gasteiger partial charge in [-0.15, -0.1) is 6.58 Å². The number of hydrogen-bond acceptors (Lipinski definition) is 4. The van der Waals surface area contributed by atoms with Crippen LogP contribution in [-0.2, 0) is 9.53 Å². The summed E-state index contributed by atoms with van der Waals surface area (Å²) in [4.78, 5) is 12.9. The van der Waals surface area contributed by atoms with Crippen LogP contribution in [0.2, 0.25) is 0 Å². The molecule has 0 saturated carbocycles. The fraction of sp³-hybridized carbons (Fsp3) is 0.769. The number of allylic oxidation sites excluding steroid dienone is 1. The van der Waals surface area contributed by atoms with Gasteiger partial charge in [-0.05, 0) is 26.4 Å². The molecule has 1 aliphatic heterocycles. The number of likely N-dealkylation sites (N-methyl/N-ethyl adjacent to an activating group) is 1. The number of ether oxygens (including phenoxy) is 1. The molecule has 1 fully saturated rings. The molecule has 100 valence electrons. The number of esters is 1. The molecule has 0 aromatic carbocycles. The van der Waals surface area contributed by atoms with E-state index in [0.717, 1.165) is 25.9 Å². The first-order valence-electron chi connectivity index (χ1n) is 6.12. The zero-order chi connectivity index (χ0) is 13.3. The topological polar surface area (TPSA) is 49.8 Å². The van der Waals surface area contributed by atoms with Crippen LogP contribution in [0.4, 0.5) is 0 Å². The molecular formula is C13H25NO3. The van der Waals surface area contributed by atoms with Crippen molar-refractivity contribution in [2.24, 2.45) is 5.92 Å². The van der Waals surface area contributed by atoms with Crippen molar-refractivity contribution < 1.29 is 14.6 Å². The minimum atomic E-state index is -0.265. The van der Waals surface area contributed by atoms with Crippen LogP contribution in [0.25, 0.3) is 0 Å². The molecule has 1 aliphatic rings. The molecule has 0 spiro atoms. The van der Waals surface area contributed by atoms with E-state index in [1.165, 1.54) is 6.92 Å². The predicted octanol–water partition coefficient (Wildman–Crippen LogP) is 1.44. The van der Waals surface area contributed by atoms with E-state index >= 15 is 0 Å². The first-order valence-corrected chi connectivity index (χ1v) is 6.12. The highest BCUT2D eigenvalue weighted by atomic mass is 16.5. The molecule has 0 bridgehead atoms. The zero-order valence-electron chi connectivity index (χ0n) is 11.2. The minimum Gasteiger partial charge on any atom is -0.461 e.